The molecular formula is C21H22ClFN4O2S. The van der Waals surface area contributed by atoms with Crippen LogP contribution in [0.5, 0.6) is 0 Å². The number of carbonyl (C=O) groups is 1. The smallest absolute Gasteiger partial charge is 0.244 e. The number of carbonyl (C=O) groups excluding carboxylic acids is 1. The van der Waals surface area contributed by atoms with Gasteiger partial charge >= 0.3 is 0 Å². The molecule has 0 unspecified atom stereocenters. The zero-order chi connectivity index (χ0) is 21.3. The van der Waals surface area contributed by atoms with Gasteiger partial charge in [-0.15, -0.1) is 11.3 Å². The van der Waals surface area contributed by atoms with Crippen molar-refractivity contribution in [2.45, 2.75) is 32.6 Å². The lowest BCUT2D eigenvalue weighted by Crippen LogP contribution is -2.45. The molecule has 3 heterocycles. The lowest BCUT2D eigenvalue weighted by Gasteiger charge is -2.37. The molecule has 1 aliphatic heterocycles. The Labute approximate surface area is 182 Å². The minimum atomic E-state index is -0.301. The van der Waals surface area contributed by atoms with Crippen LogP contribution < -0.4 is 10.2 Å². The Bertz CT molecular complexity index is 1090. The van der Waals surface area contributed by atoms with Crippen molar-refractivity contribution in [3.05, 3.63) is 58.1 Å². The van der Waals surface area contributed by atoms with Crippen molar-refractivity contribution in [3.8, 4) is 0 Å². The van der Waals surface area contributed by atoms with E-state index in [0.29, 0.717) is 35.2 Å². The summed E-state index contributed by atoms with van der Waals surface area (Å²) in [7, 11) is 0. The van der Waals surface area contributed by atoms with E-state index in [-0.39, 0.29) is 30.5 Å². The van der Waals surface area contributed by atoms with Gasteiger partial charge in [-0.25, -0.2) is 9.37 Å². The molecule has 1 aliphatic rings. The molecule has 1 aromatic carbocycles. The summed E-state index contributed by atoms with van der Waals surface area (Å²) in [5, 5.41) is 5.01. The lowest BCUT2D eigenvalue weighted by molar-refractivity contribution is -0.116. The molecule has 1 fully saturated rings. The third-order valence-electron chi connectivity index (χ3n) is 4.89. The van der Waals surface area contributed by atoms with E-state index < -0.39 is 0 Å². The quantitative estimate of drug-likeness (QED) is 0.596. The van der Waals surface area contributed by atoms with Gasteiger partial charge in [0.05, 0.1) is 23.6 Å². The van der Waals surface area contributed by atoms with E-state index in [2.05, 4.69) is 10.3 Å². The number of nitrogens with one attached hydrogen (secondary N) is 1. The summed E-state index contributed by atoms with van der Waals surface area (Å²) < 4.78 is 22.2. The number of ether oxygens (including phenoxy) is 1. The molecule has 30 heavy (non-hydrogen) atoms. The molecule has 0 aliphatic carbocycles. The largest absolute Gasteiger partial charge is 0.372 e. The number of thiazole rings is 1. The SMILES string of the molecule is C[C@@H]1CN(c2ccc(CNC(=O)/C=C/c3c(Cl)nc4sccn34)cc2F)C[C@H](C)O1. The highest BCUT2D eigenvalue weighted by Gasteiger charge is 2.24. The minimum Gasteiger partial charge on any atom is -0.372 e. The van der Waals surface area contributed by atoms with Gasteiger partial charge in [-0.1, -0.05) is 17.7 Å². The van der Waals surface area contributed by atoms with E-state index in [1.807, 2.05) is 40.8 Å². The van der Waals surface area contributed by atoms with Crippen LogP contribution in [0.2, 0.25) is 5.15 Å². The second-order valence-corrected chi connectivity index (χ2v) is 8.57. The van der Waals surface area contributed by atoms with Gasteiger partial charge < -0.3 is 15.0 Å². The van der Waals surface area contributed by atoms with Crippen molar-refractivity contribution in [2.24, 2.45) is 0 Å². The van der Waals surface area contributed by atoms with Crippen LogP contribution in [0, 0.1) is 5.82 Å². The summed E-state index contributed by atoms with van der Waals surface area (Å²) in [6.07, 6.45) is 4.97. The fourth-order valence-corrected chi connectivity index (χ4v) is 4.63. The van der Waals surface area contributed by atoms with Crippen molar-refractivity contribution < 1.29 is 13.9 Å². The van der Waals surface area contributed by atoms with Crippen molar-refractivity contribution >= 4 is 45.6 Å². The molecule has 1 N–H and O–H groups in total. The summed E-state index contributed by atoms with van der Waals surface area (Å²) in [6, 6.07) is 5.06. The Kier molecular flexibility index (Phi) is 6.08. The molecule has 0 radical (unpaired) electrons. The highest BCUT2D eigenvalue weighted by atomic mass is 35.5. The number of hydrogen-bond donors (Lipinski definition) is 1. The summed E-state index contributed by atoms with van der Waals surface area (Å²) in [5.74, 6) is -0.596. The predicted octanol–water partition coefficient (Wildman–Crippen LogP) is 4.13. The second kappa shape index (κ2) is 8.75. The molecular weight excluding hydrogens is 427 g/mol. The topological polar surface area (TPSA) is 58.9 Å². The second-order valence-electron chi connectivity index (χ2n) is 7.34. The number of benzene rings is 1. The first-order valence-electron chi connectivity index (χ1n) is 9.66. The number of anilines is 1. The van der Waals surface area contributed by atoms with Crippen molar-refractivity contribution in [2.75, 3.05) is 18.0 Å². The maximum Gasteiger partial charge on any atom is 0.244 e. The van der Waals surface area contributed by atoms with Gasteiger partial charge in [-0.05, 0) is 37.6 Å². The Morgan fingerprint density at radius 2 is 2.17 bits per heavy atom. The number of hydrogen-bond acceptors (Lipinski definition) is 5. The van der Waals surface area contributed by atoms with E-state index in [0.717, 1.165) is 4.96 Å². The number of aromatic nitrogens is 2. The van der Waals surface area contributed by atoms with Crippen LogP contribution in [0.15, 0.2) is 35.9 Å². The van der Waals surface area contributed by atoms with Crippen molar-refractivity contribution in [1.82, 2.24) is 14.7 Å². The fraction of sp³-hybridized carbons (Fsp3) is 0.333. The first-order valence-corrected chi connectivity index (χ1v) is 10.9. The zero-order valence-electron chi connectivity index (χ0n) is 16.6. The first-order chi connectivity index (χ1) is 14.4. The number of halogens is 2. The molecule has 0 bridgehead atoms. The standard InChI is InChI=1S/C21H22ClFN4O2S/c1-13-11-26(12-14(2)29-13)17-4-3-15(9-16(17)23)10-24-19(28)6-5-18-20(22)25-21-27(18)7-8-30-21/h3-9,13-14H,10-12H2,1-2H3,(H,24,28)/b6-5+/t13-,14+. The van der Waals surface area contributed by atoms with Gasteiger partial charge in [0.2, 0.25) is 5.91 Å². The third-order valence-corrected chi connectivity index (χ3v) is 5.92. The monoisotopic (exact) mass is 448 g/mol. The summed E-state index contributed by atoms with van der Waals surface area (Å²) >= 11 is 7.58. The number of imidazole rings is 1. The Morgan fingerprint density at radius 3 is 2.90 bits per heavy atom. The van der Waals surface area contributed by atoms with Crippen LogP contribution in [0.25, 0.3) is 11.0 Å². The Morgan fingerprint density at radius 1 is 1.40 bits per heavy atom. The van der Waals surface area contributed by atoms with Gasteiger partial charge in [0.25, 0.3) is 0 Å². The number of rotatable bonds is 5. The molecule has 1 saturated heterocycles. The average Bonchev–Trinajstić information content (AvgIpc) is 3.24. The maximum absolute atomic E-state index is 14.7. The molecule has 2 atom stereocenters. The number of amides is 1. The van der Waals surface area contributed by atoms with E-state index in [1.54, 1.807) is 12.1 Å². The molecule has 0 spiro atoms. The number of nitrogens with zero attached hydrogens (tertiary/aromatic N) is 3. The molecule has 2 aromatic heterocycles. The van der Waals surface area contributed by atoms with E-state index in [1.165, 1.54) is 23.5 Å². The van der Waals surface area contributed by atoms with Crippen LogP contribution in [-0.2, 0) is 16.1 Å². The highest BCUT2D eigenvalue weighted by Crippen LogP contribution is 2.25. The number of fused-ring (bicyclic) bond motifs is 1. The van der Waals surface area contributed by atoms with Crippen molar-refractivity contribution in [1.29, 1.82) is 0 Å². The molecule has 4 rings (SSSR count). The molecule has 9 heteroatoms. The summed E-state index contributed by atoms with van der Waals surface area (Å²) in [6.45, 7) is 5.49. The van der Waals surface area contributed by atoms with E-state index in [4.69, 9.17) is 16.3 Å². The molecule has 0 saturated carbocycles. The zero-order valence-corrected chi connectivity index (χ0v) is 18.2. The van der Waals surface area contributed by atoms with Gasteiger partial charge in [0.15, 0.2) is 10.1 Å². The fourth-order valence-electron chi connectivity index (χ4n) is 3.62. The average molecular weight is 449 g/mol. The lowest BCUT2D eigenvalue weighted by atomic mass is 10.1. The summed E-state index contributed by atoms with van der Waals surface area (Å²) in [5.41, 5.74) is 1.89. The molecule has 3 aromatic rings. The normalized spacial score (nSPS) is 19.7. The third kappa shape index (κ3) is 4.50. The molecule has 158 valence electrons. The van der Waals surface area contributed by atoms with Crippen LogP contribution in [0.4, 0.5) is 10.1 Å². The Hall–Kier alpha value is -2.42. The van der Waals surface area contributed by atoms with Gasteiger partial charge in [-0.3, -0.25) is 9.20 Å². The first kappa shape index (κ1) is 20.8. The van der Waals surface area contributed by atoms with Gasteiger partial charge in [-0.2, -0.15) is 0 Å². The minimum absolute atomic E-state index is 0.0542. The van der Waals surface area contributed by atoms with E-state index in [9.17, 15) is 9.18 Å². The predicted molar refractivity (Wildman–Crippen MR) is 118 cm³/mol. The molecule has 6 nitrogen and oxygen atoms in total. The maximum atomic E-state index is 14.7. The number of morpholine rings is 1. The highest BCUT2D eigenvalue weighted by molar-refractivity contribution is 7.15. The van der Waals surface area contributed by atoms with Crippen LogP contribution >= 0.6 is 22.9 Å². The van der Waals surface area contributed by atoms with Gasteiger partial charge in [0, 0.05) is 37.3 Å². The Balaban J connectivity index is 1.38. The van der Waals surface area contributed by atoms with Crippen LogP contribution in [-0.4, -0.2) is 40.6 Å². The van der Waals surface area contributed by atoms with Crippen LogP contribution in [0.3, 0.4) is 0 Å². The van der Waals surface area contributed by atoms with Crippen LogP contribution in [0.1, 0.15) is 25.1 Å². The molecule has 1 amide bonds. The summed E-state index contributed by atoms with van der Waals surface area (Å²) in [4.78, 5) is 19.2. The van der Waals surface area contributed by atoms with E-state index >= 15 is 0 Å². The van der Waals surface area contributed by atoms with Crippen molar-refractivity contribution in [3.63, 3.8) is 0 Å². The van der Waals surface area contributed by atoms with Gasteiger partial charge in [0.1, 0.15) is 5.82 Å².